The number of carbonyl (C=O) groups excluding carboxylic acids is 1. The Morgan fingerprint density at radius 1 is 1.16 bits per heavy atom. The van der Waals surface area contributed by atoms with Gasteiger partial charge in [-0.2, -0.15) is 0 Å². The van der Waals surface area contributed by atoms with E-state index in [-0.39, 0.29) is 43.2 Å². The Morgan fingerprint density at radius 2 is 1.84 bits per heavy atom. The molecule has 0 saturated carbocycles. The van der Waals surface area contributed by atoms with E-state index in [1.54, 1.807) is 0 Å². The summed E-state index contributed by atoms with van der Waals surface area (Å²) in [7, 11) is 0. The number of aliphatic carboxylic acids is 1. The largest absolute Gasteiger partial charge is 0.481 e. The minimum absolute atomic E-state index is 0.0425. The fourth-order valence-corrected chi connectivity index (χ4v) is 2.94. The van der Waals surface area contributed by atoms with Gasteiger partial charge >= 0.3 is 5.97 Å². The smallest absolute Gasteiger partial charge is 0.311 e. The topological polar surface area (TPSA) is 84.9 Å². The van der Waals surface area contributed by atoms with Crippen molar-refractivity contribution in [1.29, 1.82) is 0 Å². The second-order valence-corrected chi connectivity index (χ2v) is 5.53. The van der Waals surface area contributed by atoms with Crippen molar-refractivity contribution in [2.75, 3.05) is 13.2 Å². The van der Waals surface area contributed by atoms with Crippen molar-refractivity contribution in [2.24, 2.45) is 17.8 Å². The van der Waals surface area contributed by atoms with Crippen LogP contribution in [0.4, 0.5) is 0 Å². The highest BCUT2D eigenvalue weighted by Crippen LogP contribution is 2.32. The summed E-state index contributed by atoms with van der Waals surface area (Å²) in [6.45, 7) is 6.23. The summed E-state index contributed by atoms with van der Waals surface area (Å²) in [5.74, 6) is -1.83. The Hall–Kier alpha value is -1.14. The summed E-state index contributed by atoms with van der Waals surface area (Å²) in [6, 6.07) is -0.444. The maximum absolute atomic E-state index is 12.3. The minimum Gasteiger partial charge on any atom is -0.481 e. The van der Waals surface area contributed by atoms with Gasteiger partial charge in [0, 0.05) is 0 Å². The number of hydrogen-bond acceptors (Lipinski definition) is 4. The van der Waals surface area contributed by atoms with Crippen LogP contribution in [0, 0.1) is 17.8 Å². The van der Waals surface area contributed by atoms with Crippen LogP contribution in [-0.4, -0.2) is 48.4 Å². The fourth-order valence-electron chi connectivity index (χ4n) is 2.94. The average Bonchev–Trinajstić information content (AvgIpc) is 2.85. The van der Waals surface area contributed by atoms with E-state index < -0.39 is 17.9 Å². The first-order valence-corrected chi connectivity index (χ1v) is 6.68. The van der Waals surface area contributed by atoms with Crippen molar-refractivity contribution in [3.8, 4) is 0 Å². The first kappa shape index (κ1) is 14.3. The molecule has 0 aromatic carbocycles. The zero-order valence-electron chi connectivity index (χ0n) is 11.5. The zero-order valence-corrected chi connectivity index (χ0v) is 11.5. The molecule has 2 aliphatic rings. The van der Waals surface area contributed by atoms with Crippen LogP contribution < -0.4 is 5.32 Å². The van der Waals surface area contributed by atoms with Crippen molar-refractivity contribution < 1.29 is 24.2 Å². The monoisotopic (exact) mass is 271 g/mol. The van der Waals surface area contributed by atoms with Crippen LogP contribution in [0.3, 0.4) is 0 Å². The van der Waals surface area contributed by atoms with Gasteiger partial charge in [-0.1, -0.05) is 6.92 Å². The van der Waals surface area contributed by atoms with Crippen LogP contribution in [0.5, 0.6) is 0 Å². The molecule has 1 amide bonds. The standard InChI is InChI=1S/C13H21NO5/c1-6-7(2)19-8(3)11(6)12(15)14-10-5-18-4-9(10)13(16)17/h6-11H,4-5H2,1-3H3,(H,14,15)(H,16,17). The lowest BCUT2D eigenvalue weighted by molar-refractivity contribution is -0.142. The third-order valence-electron chi connectivity index (χ3n) is 4.27. The predicted octanol–water partition coefficient (Wildman–Crippen LogP) is 0.262. The Kier molecular flexibility index (Phi) is 4.10. The normalized spacial score (nSPS) is 42.3. The van der Waals surface area contributed by atoms with E-state index in [1.165, 1.54) is 0 Å². The molecular formula is C13H21NO5. The van der Waals surface area contributed by atoms with Gasteiger partial charge < -0.3 is 19.9 Å². The maximum atomic E-state index is 12.3. The summed E-state index contributed by atoms with van der Waals surface area (Å²) in [4.78, 5) is 23.3. The Morgan fingerprint density at radius 3 is 2.37 bits per heavy atom. The Balaban J connectivity index is 1.99. The van der Waals surface area contributed by atoms with Crippen LogP contribution >= 0.6 is 0 Å². The van der Waals surface area contributed by atoms with Crippen LogP contribution in [-0.2, 0) is 19.1 Å². The van der Waals surface area contributed by atoms with Gasteiger partial charge in [-0.15, -0.1) is 0 Å². The van der Waals surface area contributed by atoms with E-state index in [0.717, 1.165) is 0 Å². The summed E-state index contributed by atoms with van der Waals surface area (Å²) in [5.41, 5.74) is 0. The molecule has 0 spiro atoms. The van der Waals surface area contributed by atoms with E-state index >= 15 is 0 Å². The lowest BCUT2D eigenvalue weighted by Crippen LogP contribution is -2.47. The second kappa shape index (κ2) is 5.46. The predicted molar refractivity (Wildman–Crippen MR) is 66.5 cm³/mol. The summed E-state index contributed by atoms with van der Waals surface area (Å²) >= 11 is 0. The summed E-state index contributed by atoms with van der Waals surface area (Å²) in [6.07, 6.45) is -0.101. The molecule has 0 aromatic heterocycles. The Bertz CT molecular complexity index is 372. The van der Waals surface area contributed by atoms with E-state index in [9.17, 15) is 9.59 Å². The van der Waals surface area contributed by atoms with E-state index in [1.807, 2.05) is 20.8 Å². The lowest BCUT2D eigenvalue weighted by Gasteiger charge is -2.22. The van der Waals surface area contributed by atoms with Crippen molar-refractivity contribution in [1.82, 2.24) is 5.32 Å². The van der Waals surface area contributed by atoms with Gasteiger partial charge in [-0.05, 0) is 19.8 Å². The van der Waals surface area contributed by atoms with E-state index in [0.29, 0.717) is 0 Å². The Labute approximate surface area is 112 Å². The number of carboxylic acid groups (broad SMARTS) is 1. The lowest BCUT2D eigenvalue weighted by atomic mass is 9.88. The number of rotatable bonds is 3. The maximum Gasteiger partial charge on any atom is 0.311 e. The van der Waals surface area contributed by atoms with Crippen LogP contribution in [0.15, 0.2) is 0 Å². The number of carboxylic acids is 1. The van der Waals surface area contributed by atoms with Crippen molar-refractivity contribution >= 4 is 11.9 Å². The molecule has 0 radical (unpaired) electrons. The molecule has 6 unspecified atom stereocenters. The number of amides is 1. The minimum atomic E-state index is -0.931. The molecule has 108 valence electrons. The highest BCUT2D eigenvalue weighted by Gasteiger charge is 2.43. The summed E-state index contributed by atoms with van der Waals surface area (Å²) in [5, 5.41) is 11.9. The molecule has 0 aliphatic carbocycles. The van der Waals surface area contributed by atoms with Gasteiger partial charge in [-0.3, -0.25) is 9.59 Å². The number of nitrogens with one attached hydrogen (secondary N) is 1. The van der Waals surface area contributed by atoms with E-state index in [4.69, 9.17) is 14.6 Å². The zero-order chi connectivity index (χ0) is 14.2. The third-order valence-corrected chi connectivity index (χ3v) is 4.27. The molecule has 19 heavy (non-hydrogen) atoms. The highest BCUT2D eigenvalue weighted by atomic mass is 16.5. The summed E-state index contributed by atoms with van der Waals surface area (Å²) < 4.78 is 10.8. The molecule has 2 aliphatic heterocycles. The molecule has 6 heteroatoms. The fraction of sp³-hybridized carbons (Fsp3) is 0.846. The average molecular weight is 271 g/mol. The second-order valence-electron chi connectivity index (χ2n) is 5.53. The molecular weight excluding hydrogens is 250 g/mol. The van der Waals surface area contributed by atoms with Gasteiger partial charge in [-0.25, -0.2) is 0 Å². The van der Waals surface area contributed by atoms with Crippen LogP contribution in [0.1, 0.15) is 20.8 Å². The molecule has 0 bridgehead atoms. The van der Waals surface area contributed by atoms with Crippen molar-refractivity contribution in [3.63, 3.8) is 0 Å². The number of ether oxygens (including phenoxy) is 2. The van der Waals surface area contributed by atoms with Gasteiger partial charge in [0.25, 0.3) is 0 Å². The number of hydrogen-bond donors (Lipinski definition) is 2. The molecule has 2 fully saturated rings. The SMILES string of the molecule is CC1OC(C)C(C(=O)NC2COCC2C(=O)O)C1C. The molecule has 0 aromatic rings. The first-order chi connectivity index (χ1) is 8.91. The molecule has 6 nitrogen and oxygen atoms in total. The van der Waals surface area contributed by atoms with E-state index in [2.05, 4.69) is 5.32 Å². The highest BCUT2D eigenvalue weighted by molar-refractivity contribution is 5.81. The van der Waals surface area contributed by atoms with Crippen LogP contribution in [0.25, 0.3) is 0 Å². The van der Waals surface area contributed by atoms with Crippen LogP contribution in [0.2, 0.25) is 0 Å². The quantitative estimate of drug-likeness (QED) is 0.769. The molecule has 2 N–H and O–H groups in total. The molecule has 2 heterocycles. The van der Waals surface area contributed by atoms with Crippen molar-refractivity contribution in [2.45, 2.75) is 39.0 Å². The van der Waals surface area contributed by atoms with Crippen molar-refractivity contribution in [3.05, 3.63) is 0 Å². The van der Waals surface area contributed by atoms with Gasteiger partial charge in [0.1, 0.15) is 5.92 Å². The molecule has 2 rings (SSSR count). The first-order valence-electron chi connectivity index (χ1n) is 6.68. The molecule has 2 saturated heterocycles. The van der Waals surface area contributed by atoms with Gasteiger partial charge in [0.05, 0.1) is 37.4 Å². The van der Waals surface area contributed by atoms with Gasteiger partial charge in [0.15, 0.2) is 0 Å². The van der Waals surface area contributed by atoms with Gasteiger partial charge in [0.2, 0.25) is 5.91 Å². The molecule has 6 atom stereocenters. The number of carbonyl (C=O) groups is 2. The third kappa shape index (κ3) is 2.74.